The Morgan fingerprint density at radius 1 is 1.37 bits per heavy atom. The van der Waals surface area contributed by atoms with Crippen molar-refractivity contribution in [3.05, 3.63) is 47.3 Å². The highest BCUT2D eigenvalue weighted by molar-refractivity contribution is 5.80. The van der Waals surface area contributed by atoms with Gasteiger partial charge >= 0.3 is 0 Å². The predicted molar refractivity (Wildman–Crippen MR) is 63.0 cm³/mol. The number of nitrogens with two attached hydrogens (primary N) is 1. The second-order valence-corrected chi connectivity index (χ2v) is 4.06. The van der Waals surface area contributed by atoms with Crippen molar-refractivity contribution in [2.75, 3.05) is 0 Å². The Morgan fingerprint density at radius 2 is 2.16 bits per heavy atom. The summed E-state index contributed by atoms with van der Waals surface area (Å²) in [5, 5.41) is 7.45. The summed E-state index contributed by atoms with van der Waals surface area (Å²) in [5.74, 6) is -1.65. The van der Waals surface area contributed by atoms with Crippen LogP contribution in [0.4, 0.5) is 8.78 Å². The van der Waals surface area contributed by atoms with E-state index in [0.29, 0.717) is 5.69 Å². The van der Waals surface area contributed by atoms with E-state index < -0.39 is 11.6 Å². The van der Waals surface area contributed by atoms with Gasteiger partial charge in [-0.3, -0.25) is 4.79 Å². The van der Waals surface area contributed by atoms with Crippen molar-refractivity contribution in [3.63, 3.8) is 0 Å². The van der Waals surface area contributed by atoms with Crippen LogP contribution in [-0.2, 0) is 24.3 Å². The second-order valence-electron chi connectivity index (χ2n) is 4.06. The first kappa shape index (κ1) is 13.3. The maximum atomic E-state index is 13.4. The van der Waals surface area contributed by atoms with Gasteiger partial charge < -0.3 is 5.73 Å². The average Bonchev–Trinajstić information content (AvgIpc) is 2.80. The van der Waals surface area contributed by atoms with E-state index in [1.807, 2.05) is 0 Å². The van der Waals surface area contributed by atoms with Crippen molar-refractivity contribution in [3.8, 4) is 0 Å². The van der Waals surface area contributed by atoms with Crippen LogP contribution in [0.3, 0.4) is 0 Å². The molecule has 0 bridgehead atoms. The van der Waals surface area contributed by atoms with Crippen LogP contribution in [0.1, 0.15) is 11.3 Å². The molecule has 0 fully saturated rings. The van der Waals surface area contributed by atoms with Crippen LogP contribution in [0.2, 0.25) is 0 Å². The van der Waals surface area contributed by atoms with Gasteiger partial charge in [0.1, 0.15) is 18.2 Å². The lowest BCUT2D eigenvalue weighted by Gasteiger charge is -2.03. The molecule has 1 aromatic heterocycles. The van der Waals surface area contributed by atoms with E-state index >= 15 is 0 Å². The van der Waals surface area contributed by atoms with E-state index in [1.165, 1.54) is 10.7 Å². The van der Waals surface area contributed by atoms with Gasteiger partial charge in [-0.15, -0.1) is 5.10 Å². The number of halogens is 2. The molecule has 7 heteroatoms. The van der Waals surface area contributed by atoms with Crippen LogP contribution in [0.25, 0.3) is 0 Å². The first-order valence-corrected chi connectivity index (χ1v) is 5.63. The SMILES string of the molecule is NCc1cn(CC(=O)Cc2ccc(F)cc2F)nn1. The quantitative estimate of drug-likeness (QED) is 0.869. The fourth-order valence-electron chi connectivity index (χ4n) is 1.62. The van der Waals surface area contributed by atoms with Gasteiger partial charge in [0.05, 0.1) is 11.9 Å². The van der Waals surface area contributed by atoms with Gasteiger partial charge in [0.2, 0.25) is 0 Å². The summed E-state index contributed by atoms with van der Waals surface area (Å²) in [6, 6.07) is 3.13. The number of hydrogen-bond donors (Lipinski definition) is 1. The molecule has 19 heavy (non-hydrogen) atoms. The number of Topliss-reactive ketones (excluding diaryl/α,β-unsaturated/α-hetero) is 1. The summed E-state index contributed by atoms with van der Waals surface area (Å²) < 4.78 is 27.4. The van der Waals surface area contributed by atoms with Crippen molar-refractivity contribution in [1.82, 2.24) is 15.0 Å². The number of hydrogen-bond acceptors (Lipinski definition) is 4. The molecule has 1 heterocycles. The molecule has 0 atom stereocenters. The second kappa shape index (κ2) is 5.66. The van der Waals surface area contributed by atoms with Crippen LogP contribution in [-0.4, -0.2) is 20.8 Å². The van der Waals surface area contributed by atoms with Gasteiger partial charge in [0.25, 0.3) is 0 Å². The normalized spacial score (nSPS) is 10.7. The molecule has 0 radical (unpaired) electrons. The Balaban J connectivity index is 2.01. The standard InChI is InChI=1S/C12H12F2N4O/c13-9-2-1-8(12(14)4-9)3-11(19)7-18-6-10(5-15)16-17-18/h1-2,4,6H,3,5,7,15H2. The fourth-order valence-corrected chi connectivity index (χ4v) is 1.62. The Bertz CT molecular complexity index is 597. The first-order chi connectivity index (χ1) is 9.08. The van der Waals surface area contributed by atoms with Gasteiger partial charge in [-0.1, -0.05) is 11.3 Å². The number of rotatable bonds is 5. The zero-order chi connectivity index (χ0) is 13.8. The molecule has 0 amide bonds. The molecule has 2 N–H and O–H groups in total. The first-order valence-electron chi connectivity index (χ1n) is 5.63. The third-order valence-corrected chi connectivity index (χ3v) is 2.54. The van der Waals surface area contributed by atoms with Gasteiger partial charge in [0, 0.05) is 19.0 Å². The number of aromatic nitrogens is 3. The highest BCUT2D eigenvalue weighted by Gasteiger charge is 2.11. The van der Waals surface area contributed by atoms with E-state index in [9.17, 15) is 13.6 Å². The van der Waals surface area contributed by atoms with Crippen LogP contribution in [0.15, 0.2) is 24.4 Å². The zero-order valence-corrected chi connectivity index (χ0v) is 10.0. The van der Waals surface area contributed by atoms with Crippen molar-refractivity contribution < 1.29 is 13.6 Å². The lowest BCUT2D eigenvalue weighted by atomic mass is 10.1. The third-order valence-electron chi connectivity index (χ3n) is 2.54. The van der Waals surface area contributed by atoms with E-state index in [4.69, 9.17) is 5.73 Å². The lowest BCUT2D eigenvalue weighted by molar-refractivity contribution is -0.119. The molecule has 0 spiro atoms. The number of nitrogens with zero attached hydrogens (tertiary/aromatic N) is 3. The number of benzene rings is 1. The van der Waals surface area contributed by atoms with Crippen molar-refractivity contribution in [2.24, 2.45) is 5.73 Å². The molecule has 0 aliphatic heterocycles. The van der Waals surface area contributed by atoms with Crippen LogP contribution >= 0.6 is 0 Å². The average molecular weight is 266 g/mol. The summed E-state index contributed by atoms with van der Waals surface area (Å²) in [6.45, 7) is 0.213. The molecule has 5 nitrogen and oxygen atoms in total. The highest BCUT2D eigenvalue weighted by atomic mass is 19.1. The number of ketones is 1. The maximum Gasteiger partial charge on any atom is 0.158 e. The van der Waals surface area contributed by atoms with Gasteiger partial charge in [0.15, 0.2) is 5.78 Å². The van der Waals surface area contributed by atoms with Crippen molar-refractivity contribution >= 4 is 5.78 Å². The summed E-state index contributed by atoms with van der Waals surface area (Å²) in [7, 11) is 0. The molecule has 2 rings (SSSR count). The molecule has 0 saturated heterocycles. The molecular formula is C12H12F2N4O. The Labute approximate surface area is 108 Å². The Kier molecular flexibility index (Phi) is 3.96. The lowest BCUT2D eigenvalue weighted by Crippen LogP contribution is -2.14. The van der Waals surface area contributed by atoms with E-state index in [-0.39, 0.29) is 30.9 Å². The minimum Gasteiger partial charge on any atom is -0.325 e. The van der Waals surface area contributed by atoms with Gasteiger partial charge in [-0.25, -0.2) is 13.5 Å². The molecule has 100 valence electrons. The minimum absolute atomic E-state index is 0.0240. The molecule has 0 saturated carbocycles. The third kappa shape index (κ3) is 3.41. The largest absolute Gasteiger partial charge is 0.325 e. The highest BCUT2D eigenvalue weighted by Crippen LogP contribution is 2.10. The molecule has 0 unspecified atom stereocenters. The maximum absolute atomic E-state index is 13.4. The molecule has 2 aromatic rings. The van der Waals surface area contributed by atoms with E-state index in [1.54, 1.807) is 6.20 Å². The van der Waals surface area contributed by atoms with Gasteiger partial charge in [-0.05, 0) is 11.6 Å². The van der Waals surface area contributed by atoms with Gasteiger partial charge in [-0.2, -0.15) is 0 Å². The Morgan fingerprint density at radius 3 is 2.79 bits per heavy atom. The van der Waals surface area contributed by atoms with E-state index in [0.717, 1.165) is 12.1 Å². The summed E-state index contributed by atoms with van der Waals surface area (Å²) in [5.41, 5.74) is 6.09. The minimum atomic E-state index is -0.727. The topological polar surface area (TPSA) is 73.8 Å². The number of carbonyl (C=O) groups excluding carboxylic acids is 1. The molecule has 0 aliphatic carbocycles. The zero-order valence-electron chi connectivity index (χ0n) is 10.0. The number of carbonyl (C=O) groups is 1. The molecule has 1 aromatic carbocycles. The summed E-state index contributed by atoms with van der Waals surface area (Å²) in [4.78, 5) is 11.7. The monoisotopic (exact) mass is 266 g/mol. The smallest absolute Gasteiger partial charge is 0.158 e. The summed E-state index contributed by atoms with van der Waals surface area (Å²) >= 11 is 0. The van der Waals surface area contributed by atoms with Crippen LogP contribution in [0.5, 0.6) is 0 Å². The van der Waals surface area contributed by atoms with Crippen LogP contribution < -0.4 is 5.73 Å². The molecule has 0 aliphatic rings. The fraction of sp³-hybridized carbons (Fsp3) is 0.250. The molecular weight excluding hydrogens is 254 g/mol. The van der Waals surface area contributed by atoms with Crippen LogP contribution in [0, 0.1) is 11.6 Å². The predicted octanol–water partition coefficient (Wildman–Crippen LogP) is 0.827. The van der Waals surface area contributed by atoms with Crippen molar-refractivity contribution in [1.29, 1.82) is 0 Å². The van der Waals surface area contributed by atoms with Crippen molar-refractivity contribution in [2.45, 2.75) is 19.5 Å². The summed E-state index contributed by atoms with van der Waals surface area (Å²) in [6.07, 6.45) is 1.43. The Hall–Kier alpha value is -2.15. The van der Waals surface area contributed by atoms with E-state index in [2.05, 4.69) is 10.3 Å².